The molecule has 0 bridgehead atoms. The van der Waals surface area contributed by atoms with Crippen LogP contribution < -0.4 is 11.1 Å². The van der Waals surface area contributed by atoms with Crippen LogP contribution in [0.4, 0.5) is 11.6 Å². The van der Waals surface area contributed by atoms with Gasteiger partial charge in [-0.3, -0.25) is 5.10 Å². The number of nitrogens with zero attached hydrogens (tertiary/aromatic N) is 4. The zero-order chi connectivity index (χ0) is 10.5. The van der Waals surface area contributed by atoms with Crippen molar-refractivity contribution in [2.24, 2.45) is 0 Å². The average molecular weight is 205 g/mol. The van der Waals surface area contributed by atoms with Crippen molar-refractivity contribution in [2.45, 2.75) is 6.42 Å². The largest absolute Gasteiger partial charge is 0.396 e. The molecule has 0 aliphatic heterocycles. The molecule has 7 nitrogen and oxygen atoms in total. The highest BCUT2D eigenvalue weighted by molar-refractivity contribution is 5.35. The summed E-state index contributed by atoms with van der Waals surface area (Å²) in [6.07, 6.45) is 5.34. The maximum absolute atomic E-state index is 5.46. The van der Waals surface area contributed by atoms with Crippen LogP contribution in [0.3, 0.4) is 0 Å². The molecule has 0 saturated heterocycles. The van der Waals surface area contributed by atoms with Crippen LogP contribution >= 0.6 is 0 Å². The lowest BCUT2D eigenvalue weighted by molar-refractivity contribution is 0.891. The Morgan fingerprint density at radius 2 is 2.07 bits per heavy atom. The maximum Gasteiger partial charge on any atom is 0.222 e. The number of rotatable bonds is 4. The second-order valence-electron chi connectivity index (χ2n) is 2.95. The third-order valence-electron chi connectivity index (χ3n) is 1.78. The van der Waals surface area contributed by atoms with Gasteiger partial charge >= 0.3 is 0 Å². The van der Waals surface area contributed by atoms with Gasteiger partial charge in [0.15, 0.2) is 0 Å². The summed E-state index contributed by atoms with van der Waals surface area (Å²) in [4.78, 5) is 12.0. The van der Waals surface area contributed by atoms with Crippen LogP contribution in [0.25, 0.3) is 0 Å². The number of aromatic nitrogens is 5. The molecule has 0 radical (unpaired) electrons. The van der Waals surface area contributed by atoms with Crippen LogP contribution in [0.2, 0.25) is 0 Å². The summed E-state index contributed by atoms with van der Waals surface area (Å²) in [6, 6.07) is 0. The van der Waals surface area contributed by atoms with E-state index < -0.39 is 0 Å². The van der Waals surface area contributed by atoms with Gasteiger partial charge in [-0.2, -0.15) is 5.10 Å². The Labute approximate surface area is 86.2 Å². The van der Waals surface area contributed by atoms with Gasteiger partial charge in [0.2, 0.25) is 5.95 Å². The molecule has 7 heteroatoms. The SMILES string of the molecule is Nc1cnc(NCCc2ncn[nH]2)nc1. The summed E-state index contributed by atoms with van der Waals surface area (Å²) >= 11 is 0. The molecule has 2 aromatic heterocycles. The van der Waals surface area contributed by atoms with E-state index in [0.29, 0.717) is 18.2 Å². The first-order chi connectivity index (χ1) is 7.34. The van der Waals surface area contributed by atoms with Gasteiger partial charge in [-0.05, 0) is 0 Å². The molecule has 78 valence electrons. The van der Waals surface area contributed by atoms with Gasteiger partial charge in [0.1, 0.15) is 12.2 Å². The highest BCUT2D eigenvalue weighted by Gasteiger charge is 1.97. The summed E-state index contributed by atoms with van der Waals surface area (Å²) in [6.45, 7) is 0.694. The van der Waals surface area contributed by atoms with Gasteiger partial charge in [-0.25, -0.2) is 15.0 Å². The fraction of sp³-hybridized carbons (Fsp3) is 0.250. The summed E-state index contributed by atoms with van der Waals surface area (Å²) in [5.41, 5.74) is 6.01. The van der Waals surface area contributed by atoms with Crippen LogP contribution in [0, 0.1) is 0 Å². The van der Waals surface area contributed by atoms with Crippen LogP contribution in [0.1, 0.15) is 5.82 Å². The van der Waals surface area contributed by atoms with Gasteiger partial charge < -0.3 is 11.1 Å². The third-order valence-corrected chi connectivity index (χ3v) is 1.78. The van der Waals surface area contributed by atoms with E-state index in [1.165, 1.54) is 6.33 Å². The summed E-state index contributed by atoms with van der Waals surface area (Å²) in [5, 5.41) is 9.56. The summed E-state index contributed by atoms with van der Waals surface area (Å²) in [7, 11) is 0. The van der Waals surface area contributed by atoms with E-state index >= 15 is 0 Å². The van der Waals surface area contributed by atoms with Crippen molar-refractivity contribution in [1.82, 2.24) is 25.1 Å². The van der Waals surface area contributed by atoms with Crippen LogP contribution in [-0.4, -0.2) is 31.7 Å². The first-order valence-corrected chi connectivity index (χ1v) is 4.50. The van der Waals surface area contributed by atoms with Crippen molar-refractivity contribution in [1.29, 1.82) is 0 Å². The van der Waals surface area contributed by atoms with Crippen molar-refractivity contribution in [3.05, 3.63) is 24.5 Å². The first kappa shape index (κ1) is 9.38. The topological polar surface area (TPSA) is 105 Å². The van der Waals surface area contributed by atoms with Gasteiger partial charge in [0, 0.05) is 13.0 Å². The Balaban J connectivity index is 1.81. The van der Waals surface area contributed by atoms with Crippen molar-refractivity contribution in [3.8, 4) is 0 Å². The average Bonchev–Trinajstić information content (AvgIpc) is 2.74. The molecule has 2 aromatic rings. The van der Waals surface area contributed by atoms with Gasteiger partial charge in [-0.15, -0.1) is 0 Å². The molecule has 0 saturated carbocycles. The molecule has 0 aliphatic carbocycles. The molecule has 2 rings (SSSR count). The summed E-state index contributed by atoms with van der Waals surface area (Å²) in [5.74, 6) is 1.39. The molecule has 0 amide bonds. The number of nitrogens with two attached hydrogens (primary N) is 1. The lowest BCUT2D eigenvalue weighted by atomic mass is 10.4. The molecule has 0 aliphatic rings. The molecule has 0 aromatic carbocycles. The van der Waals surface area contributed by atoms with E-state index in [2.05, 4.69) is 30.5 Å². The molecule has 15 heavy (non-hydrogen) atoms. The van der Waals surface area contributed by atoms with E-state index in [-0.39, 0.29) is 0 Å². The lowest BCUT2D eigenvalue weighted by Crippen LogP contribution is -2.08. The highest BCUT2D eigenvalue weighted by Crippen LogP contribution is 2.00. The van der Waals surface area contributed by atoms with Gasteiger partial charge in [0.25, 0.3) is 0 Å². The Morgan fingerprint density at radius 3 is 2.73 bits per heavy atom. The second-order valence-corrected chi connectivity index (χ2v) is 2.95. The molecule has 0 unspecified atom stereocenters. The molecule has 0 atom stereocenters. The van der Waals surface area contributed by atoms with E-state index in [9.17, 15) is 0 Å². The van der Waals surface area contributed by atoms with Crippen LogP contribution in [0.15, 0.2) is 18.7 Å². The minimum Gasteiger partial charge on any atom is -0.396 e. The number of nitrogens with one attached hydrogen (secondary N) is 2. The third kappa shape index (κ3) is 2.63. The highest BCUT2D eigenvalue weighted by atomic mass is 15.2. The number of anilines is 2. The second kappa shape index (κ2) is 4.36. The van der Waals surface area contributed by atoms with E-state index in [1.54, 1.807) is 12.4 Å². The van der Waals surface area contributed by atoms with Crippen molar-refractivity contribution in [2.75, 3.05) is 17.6 Å². The van der Waals surface area contributed by atoms with E-state index in [4.69, 9.17) is 5.73 Å². The zero-order valence-electron chi connectivity index (χ0n) is 8.01. The number of nitrogen functional groups attached to an aromatic ring is 1. The monoisotopic (exact) mass is 205 g/mol. The molecule has 0 fully saturated rings. The molecule has 2 heterocycles. The minimum absolute atomic E-state index is 0.552. The number of aromatic amines is 1. The van der Waals surface area contributed by atoms with Crippen LogP contribution in [-0.2, 0) is 6.42 Å². The number of H-pyrrole nitrogens is 1. The minimum atomic E-state index is 0.552. The number of hydrogen-bond donors (Lipinski definition) is 3. The predicted molar refractivity (Wildman–Crippen MR) is 55.0 cm³/mol. The smallest absolute Gasteiger partial charge is 0.222 e. The normalized spacial score (nSPS) is 10.1. The summed E-state index contributed by atoms with van der Waals surface area (Å²) < 4.78 is 0. The van der Waals surface area contributed by atoms with Crippen molar-refractivity contribution < 1.29 is 0 Å². The Bertz CT molecular complexity index is 393. The Hall–Kier alpha value is -2.18. The van der Waals surface area contributed by atoms with E-state index in [1.807, 2.05) is 0 Å². The molecular weight excluding hydrogens is 194 g/mol. The van der Waals surface area contributed by atoms with Crippen molar-refractivity contribution in [3.63, 3.8) is 0 Å². The quantitative estimate of drug-likeness (QED) is 0.640. The van der Waals surface area contributed by atoms with Crippen LogP contribution in [0.5, 0.6) is 0 Å². The zero-order valence-corrected chi connectivity index (χ0v) is 8.01. The first-order valence-electron chi connectivity index (χ1n) is 4.50. The van der Waals surface area contributed by atoms with Crippen molar-refractivity contribution >= 4 is 11.6 Å². The van der Waals surface area contributed by atoms with Gasteiger partial charge in [-0.1, -0.05) is 0 Å². The fourth-order valence-electron chi connectivity index (χ4n) is 1.07. The number of hydrogen-bond acceptors (Lipinski definition) is 6. The standard InChI is InChI=1S/C8H11N7/c9-6-3-11-8(12-4-6)10-2-1-7-13-5-14-15-7/h3-5H,1-2,9H2,(H,10,11,12)(H,13,14,15). The van der Waals surface area contributed by atoms with Gasteiger partial charge in [0.05, 0.1) is 18.1 Å². The predicted octanol–water partition coefficient (Wildman–Crippen LogP) is -0.169. The molecule has 4 N–H and O–H groups in total. The van der Waals surface area contributed by atoms with E-state index in [0.717, 1.165) is 12.2 Å². The maximum atomic E-state index is 5.46. The lowest BCUT2D eigenvalue weighted by Gasteiger charge is -2.02. The fourth-order valence-corrected chi connectivity index (χ4v) is 1.07. The Morgan fingerprint density at radius 1 is 1.27 bits per heavy atom. The molecular formula is C8H11N7. The molecule has 0 spiro atoms. The Kier molecular flexibility index (Phi) is 2.72.